The van der Waals surface area contributed by atoms with Crippen LogP contribution < -0.4 is 10.4 Å². The van der Waals surface area contributed by atoms with Crippen LogP contribution in [0, 0.1) is 0 Å². The zero-order valence-corrected chi connectivity index (χ0v) is 27.9. The van der Waals surface area contributed by atoms with Crippen LogP contribution in [-0.4, -0.2) is 55.2 Å². The summed E-state index contributed by atoms with van der Waals surface area (Å²) < 4.78 is 0.657. The van der Waals surface area contributed by atoms with Crippen molar-refractivity contribution in [1.82, 2.24) is 5.32 Å². The Hall–Kier alpha value is -3.12. The lowest BCUT2D eigenvalue weighted by atomic mass is 9.97. The fraction of sp³-hybridized carbons (Fsp3) is 0.579. The molecule has 0 saturated carbocycles. The highest BCUT2D eigenvalue weighted by atomic mass is 16.4. The molecule has 0 bridgehead atoms. The molecule has 2 aromatic rings. The van der Waals surface area contributed by atoms with E-state index in [1.807, 2.05) is 0 Å². The smallest absolute Gasteiger partial charge is 0.335 e. The van der Waals surface area contributed by atoms with Crippen LogP contribution in [0.3, 0.4) is 0 Å². The van der Waals surface area contributed by atoms with Gasteiger partial charge in [-0.25, -0.2) is 4.79 Å². The van der Waals surface area contributed by atoms with Gasteiger partial charge in [-0.3, -0.25) is 4.79 Å². The van der Waals surface area contributed by atoms with Crippen molar-refractivity contribution in [3.63, 3.8) is 0 Å². The molecule has 2 N–H and O–H groups in total. The van der Waals surface area contributed by atoms with Crippen LogP contribution >= 0.6 is 0 Å². The number of unbranched alkanes of at least 4 members (excludes halogenated alkanes) is 13. The number of para-hydroxylation sites is 1. The molecule has 6 heteroatoms. The van der Waals surface area contributed by atoms with Crippen LogP contribution in [0.2, 0.25) is 0 Å². The number of carbonyl (C=O) groups excluding carboxylic acids is 1. The number of carboxylic acid groups (broad SMARTS) is 1. The van der Waals surface area contributed by atoms with Crippen molar-refractivity contribution in [3.05, 3.63) is 71.3 Å². The van der Waals surface area contributed by atoms with Crippen LogP contribution in [0.15, 0.2) is 54.6 Å². The largest absolute Gasteiger partial charge is 0.872 e. The minimum Gasteiger partial charge on any atom is -0.872 e. The second kappa shape index (κ2) is 20.8. The first kappa shape index (κ1) is 37.1. The van der Waals surface area contributed by atoms with Gasteiger partial charge in [-0.15, -0.1) is 0 Å². The number of fused-ring (bicyclic) bond motifs is 1. The number of nitrogens with one attached hydrogen (secondary N) is 1. The number of likely N-dealkylation sites (N-methyl/N-ethyl adjacent to an activating group) is 1. The third-order valence-corrected chi connectivity index (χ3v) is 8.53. The molecule has 1 unspecified atom stereocenters. The van der Waals surface area contributed by atoms with E-state index in [9.17, 15) is 14.7 Å². The van der Waals surface area contributed by atoms with E-state index in [-0.39, 0.29) is 17.5 Å². The molecule has 44 heavy (non-hydrogen) atoms. The summed E-state index contributed by atoms with van der Waals surface area (Å²) in [4.78, 5) is 23.3. The van der Waals surface area contributed by atoms with E-state index >= 15 is 0 Å². The maximum absolute atomic E-state index is 13.1. The van der Waals surface area contributed by atoms with E-state index in [4.69, 9.17) is 5.11 Å². The highest BCUT2D eigenvalue weighted by Gasteiger charge is 2.33. The summed E-state index contributed by atoms with van der Waals surface area (Å²) in [5.41, 5.74) is 3.88. The number of quaternary nitrogens is 1. The predicted molar refractivity (Wildman–Crippen MR) is 181 cm³/mol. The molecule has 1 aliphatic rings. The molecule has 1 aliphatic carbocycles. The van der Waals surface area contributed by atoms with Gasteiger partial charge in [-0.2, -0.15) is 0 Å². The van der Waals surface area contributed by atoms with Crippen LogP contribution in [0.1, 0.15) is 125 Å². The number of hydrogen-bond acceptors (Lipinski definition) is 3. The number of rotatable bonds is 20. The molecule has 1 atom stereocenters. The van der Waals surface area contributed by atoms with Gasteiger partial charge in [0.25, 0.3) is 5.91 Å². The third kappa shape index (κ3) is 14.1. The van der Waals surface area contributed by atoms with Crippen molar-refractivity contribution in [3.8, 4) is 5.75 Å². The van der Waals surface area contributed by atoms with Gasteiger partial charge in [0.15, 0.2) is 6.04 Å². The molecule has 0 aliphatic heterocycles. The fourth-order valence-electron chi connectivity index (χ4n) is 5.77. The number of aromatic carboxylic acids is 1. The third-order valence-electron chi connectivity index (χ3n) is 8.53. The molecule has 1 amide bonds. The summed E-state index contributed by atoms with van der Waals surface area (Å²) in [6, 6.07) is 14.1. The molecule has 0 saturated heterocycles. The quantitative estimate of drug-likeness (QED) is 0.118. The summed E-state index contributed by atoms with van der Waals surface area (Å²) in [5, 5.41) is 22.3. The Morgan fingerprint density at radius 1 is 0.795 bits per heavy atom. The average Bonchev–Trinajstić information content (AvgIpc) is 3.40. The molecule has 0 aromatic heterocycles. The highest BCUT2D eigenvalue weighted by Crippen LogP contribution is 2.32. The van der Waals surface area contributed by atoms with E-state index in [0.29, 0.717) is 4.48 Å². The normalized spacial score (nSPS) is 13.0. The lowest BCUT2D eigenvalue weighted by Crippen LogP contribution is -2.54. The molecule has 3 rings (SSSR count). The molecule has 0 radical (unpaired) electrons. The van der Waals surface area contributed by atoms with Crippen molar-refractivity contribution in [2.24, 2.45) is 0 Å². The van der Waals surface area contributed by atoms with E-state index in [0.717, 1.165) is 25.8 Å². The maximum Gasteiger partial charge on any atom is 0.335 e. The molecule has 0 heterocycles. The summed E-state index contributed by atoms with van der Waals surface area (Å²) in [7, 11) is 6.41. The lowest BCUT2D eigenvalue weighted by molar-refractivity contribution is -0.886. The van der Waals surface area contributed by atoms with Gasteiger partial charge >= 0.3 is 5.97 Å². The first-order valence-corrected chi connectivity index (χ1v) is 17.0. The Labute approximate surface area is 267 Å². The Morgan fingerprint density at radius 3 is 1.84 bits per heavy atom. The minimum absolute atomic E-state index is 0.0518. The monoisotopic (exact) mass is 606 g/mol. The number of carboxylic acids is 1. The van der Waals surface area contributed by atoms with Gasteiger partial charge in [0.2, 0.25) is 0 Å². The molecule has 6 nitrogen and oxygen atoms in total. The highest BCUT2D eigenvalue weighted by molar-refractivity contribution is 5.90. The predicted octanol–water partition coefficient (Wildman–Crippen LogP) is 8.15. The minimum atomic E-state index is -1.18. The van der Waals surface area contributed by atoms with Crippen molar-refractivity contribution >= 4 is 17.4 Å². The van der Waals surface area contributed by atoms with E-state index in [1.54, 1.807) is 0 Å². The average molecular weight is 607 g/mol. The van der Waals surface area contributed by atoms with Crippen molar-refractivity contribution < 1.29 is 24.3 Å². The lowest BCUT2D eigenvalue weighted by Gasteiger charge is -2.33. The van der Waals surface area contributed by atoms with Gasteiger partial charge in [-0.1, -0.05) is 145 Å². The van der Waals surface area contributed by atoms with Crippen LogP contribution in [-0.2, 0) is 11.2 Å². The van der Waals surface area contributed by atoms with Crippen molar-refractivity contribution in [1.29, 1.82) is 0 Å². The van der Waals surface area contributed by atoms with Crippen molar-refractivity contribution in [2.45, 2.75) is 116 Å². The fourth-order valence-corrected chi connectivity index (χ4v) is 5.77. The maximum atomic E-state index is 13.1. The Balaban J connectivity index is 0.000000569. The van der Waals surface area contributed by atoms with Gasteiger partial charge in [0.05, 0.1) is 26.7 Å². The van der Waals surface area contributed by atoms with Gasteiger partial charge < -0.3 is 20.0 Å². The van der Waals surface area contributed by atoms with E-state index in [1.165, 1.54) is 124 Å². The summed E-state index contributed by atoms with van der Waals surface area (Å²) in [6.07, 6.45) is 23.2. The number of hydrogen-bond donors (Lipinski definition) is 2. The topological polar surface area (TPSA) is 89.5 Å². The zero-order valence-electron chi connectivity index (χ0n) is 27.9. The number of amides is 1. The molecular weight excluding hydrogens is 548 g/mol. The number of carbonyl (C=O) groups is 2. The second-order valence-electron chi connectivity index (χ2n) is 13.1. The number of allylic oxidation sites excluding steroid dienone is 1. The first-order chi connectivity index (χ1) is 21.1. The molecule has 244 valence electrons. The van der Waals surface area contributed by atoms with Crippen molar-refractivity contribution in [2.75, 3.05) is 27.7 Å². The Bertz CT molecular complexity index is 1150. The standard InChI is InChI=1S/C31H52N2O.C7H6O3/c1-5-6-7-8-9-10-11-12-13-14-15-16-17-20-25-32-31(34)30(33(2,3)4)26-28-24-23-27-21-18-19-22-29(27)28;8-6-4-2-1-3-5(6)7(9)10/h18-19,21-22,24,30H,5-17,20,23,25-26H2,1-4H3;1-4,8H,(H,9,10). The Kier molecular flexibility index (Phi) is 17.5. The zero-order chi connectivity index (χ0) is 32.2. The molecular formula is C38H58N2O4. The number of benzene rings is 2. The molecule has 0 fully saturated rings. The second-order valence-corrected chi connectivity index (χ2v) is 13.1. The first-order valence-electron chi connectivity index (χ1n) is 17.0. The van der Waals surface area contributed by atoms with E-state index in [2.05, 4.69) is 63.7 Å². The van der Waals surface area contributed by atoms with Gasteiger partial charge in [0, 0.05) is 13.0 Å². The molecule has 2 aromatic carbocycles. The number of nitrogens with zero attached hydrogens (tertiary/aromatic N) is 1. The van der Waals surface area contributed by atoms with Crippen LogP contribution in [0.5, 0.6) is 5.75 Å². The van der Waals surface area contributed by atoms with E-state index < -0.39 is 11.7 Å². The van der Waals surface area contributed by atoms with Gasteiger partial charge in [-0.05, 0) is 35.6 Å². The van der Waals surface area contributed by atoms with Gasteiger partial charge in [0.1, 0.15) is 0 Å². The Morgan fingerprint density at radius 2 is 1.32 bits per heavy atom. The van der Waals surface area contributed by atoms with Crippen LogP contribution in [0.25, 0.3) is 5.57 Å². The summed E-state index contributed by atoms with van der Waals surface area (Å²) in [5.74, 6) is -1.42. The SMILES string of the molecule is CCCCCCCCCCCCCCCCNC(=O)C(CC1=CCc2ccccc21)[N+](C)(C)C.O=C(O)c1ccccc1[O-]. The van der Waals surface area contributed by atoms with Crippen LogP contribution in [0.4, 0.5) is 0 Å². The summed E-state index contributed by atoms with van der Waals surface area (Å²) in [6.45, 7) is 3.09. The summed E-state index contributed by atoms with van der Waals surface area (Å²) >= 11 is 0. The molecule has 0 spiro atoms.